The molecule has 154 valence electrons. The first-order valence-corrected chi connectivity index (χ1v) is 11.1. The fourth-order valence-corrected chi connectivity index (χ4v) is 4.54. The summed E-state index contributed by atoms with van der Waals surface area (Å²) in [4.78, 5) is 37.0. The number of carboxylic acid groups (broad SMARTS) is 1. The van der Waals surface area contributed by atoms with Gasteiger partial charge in [0.2, 0.25) is 5.91 Å². The molecule has 13 heteroatoms. The lowest BCUT2D eigenvalue weighted by Gasteiger charge is -2.21. The van der Waals surface area contributed by atoms with Crippen LogP contribution in [-0.2, 0) is 30.8 Å². The van der Waals surface area contributed by atoms with Crippen molar-refractivity contribution in [3.8, 4) is 0 Å². The molecule has 1 unspecified atom stereocenters. The van der Waals surface area contributed by atoms with E-state index in [2.05, 4.69) is 5.32 Å². The number of likely N-dealkylation sites (tertiary alicyclic amines) is 1. The highest BCUT2D eigenvalue weighted by Gasteiger charge is 2.40. The summed E-state index contributed by atoms with van der Waals surface area (Å²) in [5.41, 5.74) is 0.394. The molecule has 1 heterocycles. The summed E-state index contributed by atoms with van der Waals surface area (Å²) in [5, 5.41) is 12.0. The van der Waals surface area contributed by atoms with Crippen molar-refractivity contribution in [2.24, 2.45) is 0 Å². The minimum atomic E-state index is -4.18. The first-order valence-electron chi connectivity index (χ1n) is 8.07. The molecule has 1 saturated heterocycles. The minimum absolute atomic E-state index is 0.0103. The van der Waals surface area contributed by atoms with E-state index in [0.717, 1.165) is 11.2 Å². The van der Waals surface area contributed by atoms with Crippen LogP contribution < -0.4 is 14.2 Å². The van der Waals surface area contributed by atoms with E-state index in [1.54, 1.807) is 34.5 Å². The number of benzene rings is 1. The number of aliphatic carboxylic acids is 1. The van der Waals surface area contributed by atoms with Crippen molar-refractivity contribution in [2.45, 2.75) is 18.5 Å². The third-order valence-electron chi connectivity index (χ3n) is 3.92. The van der Waals surface area contributed by atoms with Crippen LogP contribution in [-0.4, -0.2) is 71.8 Å². The molecule has 1 aliphatic heterocycles. The molecule has 0 aliphatic carbocycles. The van der Waals surface area contributed by atoms with Crippen molar-refractivity contribution in [3.63, 3.8) is 0 Å². The molecule has 1 aromatic rings. The standard InChI is InChI=1S/C15H20N4O7S2/c1-27(24)18-28(25,26)16-8-13(20)19-9-11(7-12(19)15(22)23)17-14(21)10-5-3-2-4-6-10/h2-6,11-12,16,18H,7-9H2,1H3,(H,17,21)(H,22,23)/t11-,12+,27?/m1/s1. The van der Waals surface area contributed by atoms with E-state index in [0.29, 0.717) is 5.56 Å². The lowest BCUT2D eigenvalue weighted by molar-refractivity contribution is -0.147. The van der Waals surface area contributed by atoms with Gasteiger partial charge in [-0.2, -0.15) is 13.1 Å². The summed E-state index contributed by atoms with van der Waals surface area (Å²) in [6, 6.07) is 6.51. The normalized spacial score (nSPS) is 20.5. The predicted molar refractivity (Wildman–Crippen MR) is 99.6 cm³/mol. The first-order chi connectivity index (χ1) is 13.1. The zero-order valence-corrected chi connectivity index (χ0v) is 16.5. The Kier molecular flexibility index (Phi) is 7.23. The van der Waals surface area contributed by atoms with Crippen molar-refractivity contribution in [2.75, 3.05) is 19.3 Å². The molecule has 3 atom stereocenters. The molecule has 1 fully saturated rings. The summed E-state index contributed by atoms with van der Waals surface area (Å²) in [6.45, 7) is -0.793. The van der Waals surface area contributed by atoms with Gasteiger partial charge in [0.25, 0.3) is 16.1 Å². The van der Waals surface area contributed by atoms with Gasteiger partial charge in [-0.25, -0.2) is 9.00 Å². The van der Waals surface area contributed by atoms with E-state index in [9.17, 15) is 32.1 Å². The van der Waals surface area contributed by atoms with E-state index in [1.807, 2.05) is 4.72 Å². The van der Waals surface area contributed by atoms with E-state index in [1.165, 1.54) is 0 Å². The van der Waals surface area contributed by atoms with Crippen LogP contribution in [0.1, 0.15) is 16.8 Å². The monoisotopic (exact) mass is 432 g/mol. The molecular weight excluding hydrogens is 412 g/mol. The second-order valence-corrected chi connectivity index (χ2v) is 8.90. The molecule has 1 aromatic carbocycles. The molecule has 4 N–H and O–H groups in total. The predicted octanol–water partition coefficient (Wildman–Crippen LogP) is -1.81. The van der Waals surface area contributed by atoms with Crippen molar-refractivity contribution in [1.82, 2.24) is 19.1 Å². The summed E-state index contributed by atoms with van der Waals surface area (Å²) in [5.74, 6) is -2.45. The Bertz CT molecular complexity index is 876. The summed E-state index contributed by atoms with van der Waals surface area (Å²) in [7, 11) is -6.04. The Morgan fingerprint density at radius 2 is 1.89 bits per heavy atom. The van der Waals surface area contributed by atoms with Crippen molar-refractivity contribution < 1.29 is 32.1 Å². The summed E-state index contributed by atoms with van der Waals surface area (Å²) < 4.78 is 37.7. The number of carboxylic acids is 1. The maximum absolute atomic E-state index is 12.3. The molecule has 2 rings (SSSR count). The van der Waals surface area contributed by atoms with Gasteiger partial charge < -0.3 is 15.3 Å². The minimum Gasteiger partial charge on any atom is -0.480 e. The fraction of sp³-hybridized carbons (Fsp3) is 0.400. The van der Waals surface area contributed by atoms with Gasteiger partial charge in [-0.05, 0) is 12.1 Å². The van der Waals surface area contributed by atoms with E-state index in [-0.39, 0.29) is 13.0 Å². The number of carbonyl (C=O) groups is 3. The number of carbonyl (C=O) groups excluding carboxylic acids is 2. The van der Waals surface area contributed by atoms with Crippen LogP contribution >= 0.6 is 0 Å². The van der Waals surface area contributed by atoms with Gasteiger partial charge in [0.1, 0.15) is 17.0 Å². The average molecular weight is 432 g/mol. The van der Waals surface area contributed by atoms with Crippen LogP contribution in [0.4, 0.5) is 0 Å². The first kappa shape index (κ1) is 21.9. The maximum atomic E-state index is 12.3. The lowest BCUT2D eigenvalue weighted by Crippen LogP contribution is -2.48. The van der Waals surface area contributed by atoms with Crippen LogP contribution in [0.3, 0.4) is 0 Å². The molecule has 1 aliphatic rings. The highest BCUT2D eigenvalue weighted by Crippen LogP contribution is 2.19. The van der Waals surface area contributed by atoms with Crippen molar-refractivity contribution in [3.05, 3.63) is 35.9 Å². The summed E-state index contributed by atoms with van der Waals surface area (Å²) in [6.07, 6.45) is 1.09. The van der Waals surface area contributed by atoms with Gasteiger partial charge in [0, 0.05) is 30.8 Å². The molecule has 11 nitrogen and oxygen atoms in total. The van der Waals surface area contributed by atoms with Crippen LogP contribution in [0.2, 0.25) is 0 Å². The number of hydrogen-bond acceptors (Lipinski definition) is 6. The largest absolute Gasteiger partial charge is 0.480 e. The number of hydrogen-bond donors (Lipinski definition) is 4. The fourth-order valence-electron chi connectivity index (χ4n) is 2.75. The molecule has 0 bridgehead atoms. The Labute approximate surface area is 164 Å². The molecule has 0 saturated carbocycles. The van der Waals surface area contributed by atoms with E-state index in [4.69, 9.17) is 0 Å². The highest BCUT2D eigenvalue weighted by molar-refractivity contribution is 8.00. The third-order valence-corrected chi connectivity index (χ3v) is 6.26. The Balaban J connectivity index is 2.01. The average Bonchev–Trinajstić information content (AvgIpc) is 3.03. The van der Waals surface area contributed by atoms with Crippen LogP contribution in [0.15, 0.2) is 30.3 Å². The second kappa shape index (κ2) is 9.23. The summed E-state index contributed by atoms with van der Waals surface area (Å²) >= 11 is 0. The number of amides is 2. The SMILES string of the molecule is CS(=O)NS(=O)(=O)NCC(=O)N1C[C@H](NC(=O)c2ccccc2)C[C@H]1C(=O)O. The van der Waals surface area contributed by atoms with Gasteiger partial charge in [0.15, 0.2) is 0 Å². The Hall–Kier alpha value is -2.35. The molecule has 0 spiro atoms. The zero-order chi connectivity index (χ0) is 20.9. The van der Waals surface area contributed by atoms with Gasteiger partial charge in [0.05, 0.1) is 6.54 Å². The number of nitrogens with one attached hydrogen (secondary N) is 3. The van der Waals surface area contributed by atoms with Crippen LogP contribution in [0.25, 0.3) is 0 Å². The third kappa shape index (κ3) is 6.09. The maximum Gasteiger partial charge on any atom is 0.326 e. The lowest BCUT2D eigenvalue weighted by atomic mass is 10.1. The second-order valence-electron chi connectivity index (χ2n) is 6.03. The van der Waals surface area contributed by atoms with Gasteiger partial charge >= 0.3 is 5.97 Å². The van der Waals surface area contributed by atoms with E-state index >= 15 is 0 Å². The van der Waals surface area contributed by atoms with Gasteiger partial charge in [-0.15, -0.1) is 4.13 Å². The van der Waals surface area contributed by atoms with Crippen LogP contribution in [0, 0.1) is 0 Å². The van der Waals surface area contributed by atoms with E-state index < -0.39 is 57.6 Å². The topological polar surface area (TPSA) is 162 Å². The molecule has 2 amide bonds. The molecular formula is C15H20N4O7S2. The van der Waals surface area contributed by atoms with Gasteiger partial charge in [-0.1, -0.05) is 18.2 Å². The Morgan fingerprint density at radius 3 is 2.46 bits per heavy atom. The zero-order valence-electron chi connectivity index (χ0n) is 14.8. The smallest absolute Gasteiger partial charge is 0.326 e. The van der Waals surface area contributed by atoms with Gasteiger partial charge in [-0.3, -0.25) is 9.59 Å². The number of nitrogens with zero attached hydrogens (tertiary/aromatic N) is 1. The van der Waals surface area contributed by atoms with Crippen LogP contribution in [0.5, 0.6) is 0 Å². The highest BCUT2D eigenvalue weighted by atomic mass is 32.3. The molecule has 28 heavy (non-hydrogen) atoms. The van der Waals surface area contributed by atoms with Crippen molar-refractivity contribution >= 4 is 39.0 Å². The quantitative estimate of drug-likeness (QED) is 0.376. The molecule has 0 radical (unpaired) electrons. The van der Waals surface area contributed by atoms with Crippen molar-refractivity contribution in [1.29, 1.82) is 0 Å². The number of rotatable bonds is 8. The Morgan fingerprint density at radius 1 is 1.25 bits per heavy atom. The molecule has 0 aromatic heterocycles.